The van der Waals surface area contributed by atoms with Gasteiger partial charge in [-0.15, -0.1) is 11.6 Å². The Balaban J connectivity index is 2.19. The second-order valence-electron chi connectivity index (χ2n) is 5.03. The Morgan fingerprint density at radius 2 is 1.82 bits per heavy atom. The standard InChI is InChI=1S/C16H17BrClNO2S/c1-12-4-9-16(15(17)11-12)19-22(20,21)14-7-5-13(6-8-14)3-2-10-18/h4-9,11,19H,2-3,10H2,1H3. The van der Waals surface area contributed by atoms with Gasteiger partial charge in [-0.05, 0) is 71.1 Å². The van der Waals surface area contributed by atoms with Crippen molar-refractivity contribution in [2.75, 3.05) is 10.6 Å². The Hall–Kier alpha value is -1.04. The summed E-state index contributed by atoms with van der Waals surface area (Å²) in [5, 5.41) is 0. The van der Waals surface area contributed by atoms with E-state index in [2.05, 4.69) is 20.7 Å². The molecule has 0 aliphatic rings. The third kappa shape index (κ3) is 4.48. The fourth-order valence-electron chi connectivity index (χ4n) is 2.01. The molecule has 0 aliphatic heterocycles. The summed E-state index contributed by atoms with van der Waals surface area (Å²) >= 11 is 9.03. The molecule has 22 heavy (non-hydrogen) atoms. The lowest BCUT2D eigenvalue weighted by molar-refractivity contribution is 0.601. The zero-order valence-corrected chi connectivity index (χ0v) is 15.3. The topological polar surface area (TPSA) is 46.2 Å². The number of anilines is 1. The van der Waals surface area contributed by atoms with Crippen LogP contribution in [0.1, 0.15) is 17.5 Å². The van der Waals surface area contributed by atoms with Crippen LogP contribution in [-0.4, -0.2) is 14.3 Å². The normalized spacial score (nSPS) is 11.4. The highest BCUT2D eigenvalue weighted by atomic mass is 79.9. The zero-order chi connectivity index (χ0) is 16.2. The van der Waals surface area contributed by atoms with Gasteiger partial charge in [0, 0.05) is 10.4 Å². The van der Waals surface area contributed by atoms with Gasteiger partial charge in [0.2, 0.25) is 0 Å². The van der Waals surface area contributed by atoms with Crippen molar-refractivity contribution in [3.05, 3.63) is 58.1 Å². The highest BCUT2D eigenvalue weighted by molar-refractivity contribution is 9.10. The monoisotopic (exact) mass is 401 g/mol. The quantitative estimate of drug-likeness (QED) is 0.710. The third-order valence-corrected chi connectivity index (χ3v) is 5.51. The molecule has 3 nitrogen and oxygen atoms in total. The van der Waals surface area contributed by atoms with Crippen molar-refractivity contribution in [1.82, 2.24) is 0 Å². The van der Waals surface area contributed by atoms with Crippen LogP contribution >= 0.6 is 27.5 Å². The molecule has 0 aromatic heterocycles. The Morgan fingerprint density at radius 1 is 1.14 bits per heavy atom. The van der Waals surface area contributed by atoms with Crippen molar-refractivity contribution >= 4 is 43.2 Å². The van der Waals surface area contributed by atoms with E-state index in [1.165, 1.54) is 0 Å². The van der Waals surface area contributed by atoms with Crippen LogP contribution in [0.25, 0.3) is 0 Å². The summed E-state index contributed by atoms with van der Waals surface area (Å²) in [7, 11) is -3.59. The smallest absolute Gasteiger partial charge is 0.261 e. The number of hydrogen-bond donors (Lipinski definition) is 1. The number of nitrogens with one attached hydrogen (secondary N) is 1. The minimum Gasteiger partial charge on any atom is -0.278 e. The molecular weight excluding hydrogens is 386 g/mol. The molecule has 0 unspecified atom stereocenters. The molecular formula is C16H17BrClNO2S. The van der Waals surface area contributed by atoms with Crippen LogP contribution in [0.5, 0.6) is 0 Å². The molecule has 0 saturated carbocycles. The maximum Gasteiger partial charge on any atom is 0.261 e. The number of benzene rings is 2. The lowest BCUT2D eigenvalue weighted by atomic mass is 10.1. The van der Waals surface area contributed by atoms with Gasteiger partial charge in [0.15, 0.2) is 0 Å². The summed E-state index contributed by atoms with van der Waals surface area (Å²) in [6.45, 7) is 1.95. The number of alkyl halides is 1. The van der Waals surface area contributed by atoms with Crippen LogP contribution < -0.4 is 4.72 Å². The molecule has 0 atom stereocenters. The Morgan fingerprint density at radius 3 is 2.41 bits per heavy atom. The first-order valence-corrected chi connectivity index (χ1v) is 9.67. The highest BCUT2D eigenvalue weighted by Crippen LogP contribution is 2.26. The van der Waals surface area contributed by atoms with Crippen LogP contribution in [0, 0.1) is 6.92 Å². The van der Waals surface area contributed by atoms with E-state index in [1.807, 2.05) is 31.2 Å². The zero-order valence-electron chi connectivity index (χ0n) is 12.1. The SMILES string of the molecule is Cc1ccc(NS(=O)(=O)c2ccc(CCCCl)cc2)c(Br)c1. The number of hydrogen-bond acceptors (Lipinski definition) is 2. The molecule has 118 valence electrons. The molecule has 0 fully saturated rings. The van der Waals surface area contributed by atoms with Gasteiger partial charge in [-0.2, -0.15) is 0 Å². The molecule has 0 aliphatic carbocycles. The summed E-state index contributed by atoms with van der Waals surface area (Å²) in [5.41, 5.74) is 2.66. The van der Waals surface area contributed by atoms with Crippen molar-refractivity contribution < 1.29 is 8.42 Å². The Bertz CT molecular complexity index is 745. The van der Waals surface area contributed by atoms with Crippen molar-refractivity contribution in [3.63, 3.8) is 0 Å². The summed E-state index contributed by atoms with van der Waals surface area (Å²) in [6, 6.07) is 12.4. The lowest BCUT2D eigenvalue weighted by Gasteiger charge is -2.11. The first kappa shape index (κ1) is 17.3. The fraction of sp³-hybridized carbons (Fsp3) is 0.250. The maximum absolute atomic E-state index is 12.4. The van der Waals surface area contributed by atoms with Gasteiger partial charge in [-0.3, -0.25) is 4.72 Å². The molecule has 6 heteroatoms. The van der Waals surface area contributed by atoms with Gasteiger partial charge in [0.25, 0.3) is 10.0 Å². The minimum atomic E-state index is -3.59. The predicted molar refractivity (Wildman–Crippen MR) is 95.2 cm³/mol. The van der Waals surface area contributed by atoms with Gasteiger partial charge < -0.3 is 0 Å². The van der Waals surface area contributed by atoms with Crippen molar-refractivity contribution in [2.45, 2.75) is 24.7 Å². The van der Waals surface area contributed by atoms with E-state index >= 15 is 0 Å². The molecule has 2 aromatic rings. The summed E-state index contributed by atoms with van der Waals surface area (Å²) < 4.78 is 28.1. The Labute approximate surface area is 144 Å². The highest BCUT2D eigenvalue weighted by Gasteiger charge is 2.15. The van der Waals surface area contributed by atoms with Crippen LogP contribution in [0.4, 0.5) is 5.69 Å². The van der Waals surface area contributed by atoms with Gasteiger partial charge in [0.1, 0.15) is 0 Å². The molecule has 2 aromatic carbocycles. The van der Waals surface area contributed by atoms with E-state index in [-0.39, 0.29) is 4.90 Å². The predicted octanol–water partition coefficient (Wildman–Crippen LogP) is 4.73. The third-order valence-electron chi connectivity index (χ3n) is 3.20. The minimum absolute atomic E-state index is 0.245. The van der Waals surface area contributed by atoms with Crippen LogP contribution in [0.3, 0.4) is 0 Å². The second kappa shape index (κ2) is 7.49. The van der Waals surface area contributed by atoms with E-state index < -0.39 is 10.0 Å². The van der Waals surface area contributed by atoms with E-state index in [9.17, 15) is 8.42 Å². The average Bonchev–Trinajstić information content (AvgIpc) is 2.48. The van der Waals surface area contributed by atoms with E-state index in [0.29, 0.717) is 11.6 Å². The number of rotatable bonds is 6. The second-order valence-corrected chi connectivity index (χ2v) is 7.94. The van der Waals surface area contributed by atoms with E-state index in [4.69, 9.17) is 11.6 Å². The summed E-state index contributed by atoms with van der Waals surface area (Å²) in [6.07, 6.45) is 1.73. The van der Waals surface area contributed by atoms with Crippen LogP contribution in [-0.2, 0) is 16.4 Å². The molecule has 0 saturated heterocycles. The molecule has 2 rings (SSSR count). The maximum atomic E-state index is 12.4. The average molecular weight is 403 g/mol. The van der Waals surface area contributed by atoms with Crippen molar-refractivity contribution in [3.8, 4) is 0 Å². The largest absolute Gasteiger partial charge is 0.278 e. The van der Waals surface area contributed by atoms with Gasteiger partial charge in [-0.1, -0.05) is 18.2 Å². The summed E-state index contributed by atoms with van der Waals surface area (Å²) in [5.74, 6) is 0.600. The fourth-order valence-corrected chi connectivity index (χ4v) is 3.95. The van der Waals surface area contributed by atoms with Crippen LogP contribution in [0.15, 0.2) is 51.8 Å². The molecule has 0 radical (unpaired) electrons. The molecule has 0 spiro atoms. The molecule has 0 heterocycles. The van der Waals surface area contributed by atoms with Gasteiger partial charge >= 0.3 is 0 Å². The number of halogens is 2. The van der Waals surface area contributed by atoms with Crippen molar-refractivity contribution in [2.24, 2.45) is 0 Å². The number of sulfonamides is 1. The molecule has 0 bridgehead atoms. The Kier molecular flexibility index (Phi) is 5.89. The first-order chi connectivity index (χ1) is 10.4. The summed E-state index contributed by atoms with van der Waals surface area (Å²) in [4.78, 5) is 0.245. The number of aryl methyl sites for hydroxylation is 2. The van der Waals surface area contributed by atoms with E-state index in [0.717, 1.165) is 28.4 Å². The van der Waals surface area contributed by atoms with E-state index in [1.54, 1.807) is 18.2 Å². The van der Waals surface area contributed by atoms with Crippen LogP contribution in [0.2, 0.25) is 0 Å². The lowest BCUT2D eigenvalue weighted by Crippen LogP contribution is -2.13. The van der Waals surface area contributed by atoms with Gasteiger partial charge in [0.05, 0.1) is 10.6 Å². The molecule has 1 N–H and O–H groups in total. The van der Waals surface area contributed by atoms with Crippen molar-refractivity contribution in [1.29, 1.82) is 0 Å². The first-order valence-electron chi connectivity index (χ1n) is 6.86. The van der Waals surface area contributed by atoms with Gasteiger partial charge in [-0.25, -0.2) is 8.42 Å². The molecule has 0 amide bonds.